The van der Waals surface area contributed by atoms with Crippen molar-refractivity contribution in [3.63, 3.8) is 0 Å². The van der Waals surface area contributed by atoms with E-state index in [1.165, 1.54) is 6.07 Å². The van der Waals surface area contributed by atoms with Crippen molar-refractivity contribution in [1.29, 1.82) is 0 Å². The van der Waals surface area contributed by atoms with Crippen molar-refractivity contribution in [2.75, 3.05) is 0 Å². The van der Waals surface area contributed by atoms with Crippen molar-refractivity contribution in [2.45, 2.75) is 85.6 Å². The highest BCUT2D eigenvalue weighted by molar-refractivity contribution is 5.97. The number of carbonyl (C=O) groups excluding carboxylic acids is 1. The fourth-order valence-electron chi connectivity index (χ4n) is 4.28. The van der Waals surface area contributed by atoms with Crippen LogP contribution in [-0.4, -0.2) is 20.7 Å². The standard InChI is InChI=1S/C26H32FN3O2/c1-14-15(2)28-21-17(12-16(13-18(21)27)25(3,4)5)22(14)32-24(31)20-19-10-9-11-30(19)29-23(20)26(6,7)8/h12-13H,9-11H2,1-8H3. The van der Waals surface area contributed by atoms with E-state index in [9.17, 15) is 4.79 Å². The van der Waals surface area contributed by atoms with Crippen LogP contribution < -0.4 is 4.74 Å². The van der Waals surface area contributed by atoms with E-state index in [1.807, 2.05) is 59.2 Å². The summed E-state index contributed by atoms with van der Waals surface area (Å²) in [7, 11) is 0. The van der Waals surface area contributed by atoms with E-state index in [1.54, 1.807) is 6.92 Å². The monoisotopic (exact) mass is 437 g/mol. The summed E-state index contributed by atoms with van der Waals surface area (Å²) in [5, 5.41) is 5.25. The van der Waals surface area contributed by atoms with Gasteiger partial charge in [0.25, 0.3) is 0 Å². The van der Waals surface area contributed by atoms with E-state index >= 15 is 4.39 Å². The molecule has 0 aliphatic carbocycles. The number of pyridine rings is 1. The van der Waals surface area contributed by atoms with Crippen LogP contribution in [-0.2, 0) is 23.8 Å². The topological polar surface area (TPSA) is 57.0 Å². The van der Waals surface area contributed by atoms with Crippen molar-refractivity contribution >= 4 is 16.9 Å². The van der Waals surface area contributed by atoms with Crippen molar-refractivity contribution in [3.8, 4) is 5.75 Å². The van der Waals surface area contributed by atoms with E-state index in [-0.39, 0.29) is 16.3 Å². The summed E-state index contributed by atoms with van der Waals surface area (Å²) in [6, 6.07) is 3.42. The number of fused-ring (bicyclic) bond motifs is 2. The van der Waals surface area contributed by atoms with Gasteiger partial charge in [0.15, 0.2) is 0 Å². The highest BCUT2D eigenvalue weighted by atomic mass is 19.1. The molecule has 0 atom stereocenters. The molecule has 0 saturated heterocycles. The fourth-order valence-corrected chi connectivity index (χ4v) is 4.28. The molecule has 0 amide bonds. The maximum atomic E-state index is 15.1. The molecule has 6 heteroatoms. The Kier molecular flexibility index (Phi) is 5.18. The molecule has 0 radical (unpaired) electrons. The molecule has 5 nitrogen and oxygen atoms in total. The molecule has 0 spiro atoms. The highest BCUT2D eigenvalue weighted by Gasteiger charge is 2.34. The number of esters is 1. The smallest absolute Gasteiger partial charge is 0.347 e. The molecule has 1 aliphatic heterocycles. The third kappa shape index (κ3) is 3.70. The molecule has 1 aliphatic rings. The van der Waals surface area contributed by atoms with E-state index in [4.69, 9.17) is 9.84 Å². The fraction of sp³-hybridized carbons (Fsp3) is 0.500. The SMILES string of the molecule is Cc1nc2c(F)cc(C(C)(C)C)cc2c(OC(=O)c2c(C(C)(C)C)nn3c2CCC3)c1C. The van der Waals surface area contributed by atoms with Crippen LogP contribution >= 0.6 is 0 Å². The van der Waals surface area contributed by atoms with Gasteiger partial charge in [0.1, 0.15) is 22.6 Å². The second-order valence-electron chi connectivity index (χ2n) is 10.9. The van der Waals surface area contributed by atoms with E-state index in [0.717, 1.165) is 41.9 Å². The number of hydrogen-bond acceptors (Lipinski definition) is 4. The van der Waals surface area contributed by atoms with Crippen LogP contribution in [0.2, 0.25) is 0 Å². The van der Waals surface area contributed by atoms with E-state index in [2.05, 4.69) is 4.98 Å². The second kappa shape index (κ2) is 7.39. The predicted octanol–water partition coefficient (Wildman–Crippen LogP) is 5.95. The van der Waals surface area contributed by atoms with Gasteiger partial charge in [-0.2, -0.15) is 5.10 Å². The summed E-state index contributed by atoms with van der Waals surface area (Å²) < 4.78 is 23.1. The molecule has 2 aromatic heterocycles. The lowest BCUT2D eigenvalue weighted by Gasteiger charge is -2.21. The number of benzene rings is 1. The molecule has 4 rings (SSSR count). The number of ether oxygens (including phenoxy) is 1. The molecular weight excluding hydrogens is 405 g/mol. The Hall–Kier alpha value is -2.76. The van der Waals surface area contributed by atoms with Gasteiger partial charge in [-0.3, -0.25) is 4.68 Å². The van der Waals surface area contributed by atoms with Gasteiger partial charge >= 0.3 is 5.97 Å². The Morgan fingerprint density at radius 2 is 1.78 bits per heavy atom. The summed E-state index contributed by atoms with van der Waals surface area (Å²) >= 11 is 0. The van der Waals surface area contributed by atoms with Crippen molar-refractivity contribution in [3.05, 3.63) is 51.7 Å². The van der Waals surface area contributed by atoms with Crippen LogP contribution in [0, 0.1) is 19.7 Å². The number of aromatic nitrogens is 3. The van der Waals surface area contributed by atoms with Gasteiger partial charge in [-0.05, 0) is 49.8 Å². The van der Waals surface area contributed by atoms with Crippen molar-refractivity contribution in [1.82, 2.24) is 14.8 Å². The minimum absolute atomic E-state index is 0.222. The van der Waals surface area contributed by atoms with Gasteiger partial charge in [-0.1, -0.05) is 41.5 Å². The van der Waals surface area contributed by atoms with Crippen LogP contribution in [0.15, 0.2) is 12.1 Å². The first kappa shape index (κ1) is 22.4. The Bertz CT molecular complexity index is 1240. The first-order valence-corrected chi connectivity index (χ1v) is 11.2. The van der Waals surface area contributed by atoms with Crippen molar-refractivity contribution in [2.24, 2.45) is 0 Å². The lowest BCUT2D eigenvalue weighted by molar-refractivity contribution is 0.0732. The van der Waals surface area contributed by atoms with Gasteiger partial charge in [-0.25, -0.2) is 14.2 Å². The first-order valence-electron chi connectivity index (χ1n) is 11.2. The summed E-state index contributed by atoms with van der Waals surface area (Å²) in [6.45, 7) is 16.7. The van der Waals surface area contributed by atoms with Gasteiger partial charge in [0, 0.05) is 28.6 Å². The third-order valence-electron chi connectivity index (χ3n) is 6.29. The van der Waals surface area contributed by atoms with Crippen molar-refractivity contribution < 1.29 is 13.9 Å². The summed E-state index contributed by atoms with van der Waals surface area (Å²) in [6.07, 6.45) is 1.76. The quantitative estimate of drug-likeness (QED) is 0.465. The Morgan fingerprint density at radius 3 is 2.41 bits per heavy atom. The van der Waals surface area contributed by atoms with Crippen LogP contribution in [0.1, 0.15) is 86.5 Å². The molecule has 32 heavy (non-hydrogen) atoms. The largest absolute Gasteiger partial charge is 0.422 e. The van der Waals surface area contributed by atoms with Gasteiger partial charge in [-0.15, -0.1) is 0 Å². The molecule has 0 N–H and O–H groups in total. The maximum Gasteiger partial charge on any atom is 0.347 e. The summed E-state index contributed by atoms with van der Waals surface area (Å²) in [4.78, 5) is 18.0. The van der Waals surface area contributed by atoms with E-state index < -0.39 is 11.8 Å². The molecule has 0 saturated carbocycles. The zero-order valence-corrected chi connectivity index (χ0v) is 20.3. The number of rotatable bonds is 2. The average molecular weight is 438 g/mol. The first-order chi connectivity index (χ1) is 14.8. The number of hydrogen-bond donors (Lipinski definition) is 0. The third-order valence-corrected chi connectivity index (χ3v) is 6.29. The number of halogens is 1. The van der Waals surface area contributed by atoms with Gasteiger partial charge in [0.2, 0.25) is 0 Å². The number of carbonyl (C=O) groups is 1. The van der Waals surface area contributed by atoms with Crippen LogP contribution in [0.3, 0.4) is 0 Å². The molecule has 0 fully saturated rings. The molecule has 1 aromatic carbocycles. The zero-order valence-electron chi connectivity index (χ0n) is 20.3. The predicted molar refractivity (Wildman–Crippen MR) is 124 cm³/mol. The Morgan fingerprint density at radius 1 is 1.09 bits per heavy atom. The molecule has 0 bridgehead atoms. The summed E-state index contributed by atoms with van der Waals surface area (Å²) in [5.74, 6) is -0.468. The average Bonchev–Trinajstić information content (AvgIpc) is 3.26. The molecule has 3 heterocycles. The maximum absolute atomic E-state index is 15.1. The van der Waals surface area contributed by atoms with Crippen LogP contribution in [0.25, 0.3) is 10.9 Å². The Labute approximate surface area is 189 Å². The lowest BCUT2D eigenvalue weighted by Crippen LogP contribution is -2.21. The van der Waals surface area contributed by atoms with Gasteiger partial charge in [0.05, 0.1) is 11.4 Å². The van der Waals surface area contributed by atoms with Gasteiger partial charge < -0.3 is 4.74 Å². The lowest BCUT2D eigenvalue weighted by atomic mass is 9.86. The number of nitrogens with zero attached hydrogens (tertiary/aromatic N) is 3. The summed E-state index contributed by atoms with van der Waals surface area (Å²) in [5.41, 5.74) is 4.07. The normalized spacial score (nSPS) is 14.2. The number of aryl methyl sites for hydroxylation is 2. The molecule has 170 valence electrons. The molecule has 0 unspecified atom stereocenters. The minimum Gasteiger partial charge on any atom is -0.422 e. The molecular formula is C26H32FN3O2. The van der Waals surface area contributed by atoms with Crippen LogP contribution in [0.5, 0.6) is 5.75 Å². The molecule has 3 aromatic rings. The van der Waals surface area contributed by atoms with E-state index in [0.29, 0.717) is 22.4 Å². The highest BCUT2D eigenvalue weighted by Crippen LogP contribution is 2.37. The van der Waals surface area contributed by atoms with Crippen LogP contribution in [0.4, 0.5) is 4.39 Å². The zero-order chi connectivity index (χ0) is 23.6. The minimum atomic E-state index is -0.436. The Balaban J connectivity index is 1.90. The second-order valence-corrected chi connectivity index (χ2v) is 10.9.